The minimum Gasteiger partial charge on any atom is -0.481 e. The molecule has 0 spiro atoms. The van der Waals surface area contributed by atoms with E-state index in [0.29, 0.717) is 30.8 Å². The second-order valence-electron chi connectivity index (χ2n) is 5.68. The summed E-state index contributed by atoms with van der Waals surface area (Å²) in [5, 5.41) is 9.92. The van der Waals surface area contributed by atoms with Gasteiger partial charge in [-0.15, -0.1) is 11.3 Å². The molecule has 1 saturated heterocycles. The summed E-state index contributed by atoms with van der Waals surface area (Å²) in [5.74, 6) is -1.15. The number of amides is 1. The monoisotopic (exact) mass is 330 g/mol. The average molecular weight is 330 g/mol. The Bertz CT molecular complexity index is 719. The fourth-order valence-corrected chi connectivity index (χ4v) is 3.75. The number of carbonyl (C=O) groups excluding carboxylic acids is 1. The molecule has 3 rings (SSSR count). The molecule has 0 bridgehead atoms. The number of hydrogen-bond donors (Lipinski definition) is 1. The summed E-state index contributed by atoms with van der Waals surface area (Å²) in [6.07, 6.45) is 1.03. The lowest BCUT2D eigenvalue weighted by atomic mass is 9.97. The van der Waals surface area contributed by atoms with E-state index in [-0.39, 0.29) is 11.8 Å². The standard InChI is InChI=1S/C17H18N2O3S/c1-11-18-14(12-5-3-2-4-6-12)15(23-11)16(20)19-9-7-13(8-10-19)17(21)22/h2-6,13H,7-10H2,1H3,(H,21,22). The van der Waals surface area contributed by atoms with Gasteiger partial charge in [-0.25, -0.2) is 4.98 Å². The van der Waals surface area contributed by atoms with Crippen molar-refractivity contribution in [3.63, 3.8) is 0 Å². The number of aliphatic carboxylic acids is 1. The summed E-state index contributed by atoms with van der Waals surface area (Å²) in [6.45, 7) is 2.87. The van der Waals surface area contributed by atoms with Crippen molar-refractivity contribution in [2.24, 2.45) is 5.92 Å². The first kappa shape index (κ1) is 15.7. The molecule has 0 saturated carbocycles. The Labute approximate surface area is 138 Å². The third-order valence-corrected chi connectivity index (χ3v) is 5.07. The van der Waals surface area contributed by atoms with Gasteiger partial charge in [-0.05, 0) is 19.8 Å². The molecule has 1 aliphatic rings. The molecule has 0 unspecified atom stereocenters. The van der Waals surface area contributed by atoms with Gasteiger partial charge in [0.15, 0.2) is 0 Å². The molecule has 1 aromatic heterocycles. The van der Waals surface area contributed by atoms with E-state index in [1.165, 1.54) is 11.3 Å². The third-order valence-electron chi connectivity index (χ3n) is 4.11. The molecule has 2 aromatic rings. The first-order chi connectivity index (χ1) is 11.1. The minimum atomic E-state index is -0.768. The smallest absolute Gasteiger partial charge is 0.306 e. The molecule has 1 amide bonds. The van der Waals surface area contributed by atoms with Crippen molar-refractivity contribution in [3.05, 3.63) is 40.2 Å². The average Bonchev–Trinajstić information content (AvgIpc) is 2.97. The van der Waals surface area contributed by atoms with Crippen molar-refractivity contribution in [1.29, 1.82) is 0 Å². The lowest BCUT2D eigenvalue weighted by molar-refractivity contribution is -0.143. The van der Waals surface area contributed by atoms with Crippen LogP contribution in [0.5, 0.6) is 0 Å². The van der Waals surface area contributed by atoms with Gasteiger partial charge in [0.1, 0.15) is 4.88 Å². The Morgan fingerprint density at radius 2 is 1.87 bits per heavy atom. The van der Waals surface area contributed by atoms with Crippen molar-refractivity contribution >= 4 is 23.2 Å². The zero-order chi connectivity index (χ0) is 16.4. The van der Waals surface area contributed by atoms with Crippen LogP contribution in [-0.2, 0) is 4.79 Å². The molecule has 23 heavy (non-hydrogen) atoms. The van der Waals surface area contributed by atoms with Crippen molar-refractivity contribution in [2.75, 3.05) is 13.1 Å². The first-order valence-corrected chi connectivity index (χ1v) is 8.43. The maximum Gasteiger partial charge on any atom is 0.306 e. The highest BCUT2D eigenvalue weighted by Crippen LogP contribution is 2.30. The highest BCUT2D eigenvalue weighted by Gasteiger charge is 2.29. The van der Waals surface area contributed by atoms with Gasteiger partial charge in [0.25, 0.3) is 5.91 Å². The Morgan fingerprint density at radius 1 is 1.22 bits per heavy atom. The summed E-state index contributed by atoms with van der Waals surface area (Å²) in [4.78, 5) is 30.8. The van der Waals surface area contributed by atoms with Gasteiger partial charge in [-0.1, -0.05) is 30.3 Å². The Morgan fingerprint density at radius 3 is 2.48 bits per heavy atom. The molecule has 0 atom stereocenters. The predicted molar refractivity (Wildman–Crippen MR) is 88.6 cm³/mol. The summed E-state index contributed by atoms with van der Waals surface area (Å²) >= 11 is 1.40. The second kappa shape index (κ2) is 6.50. The SMILES string of the molecule is Cc1nc(-c2ccccc2)c(C(=O)N2CCC(C(=O)O)CC2)s1. The minimum absolute atomic E-state index is 0.0432. The molecule has 0 radical (unpaired) electrons. The highest BCUT2D eigenvalue weighted by molar-refractivity contribution is 7.14. The number of rotatable bonds is 3. The van der Waals surface area contributed by atoms with Gasteiger partial charge < -0.3 is 10.0 Å². The normalized spacial score (nSPS) is 15.6. The number of hydrogen-bond acceptors (Lipinski definition) is 4. The third kappa shape index (κ3) is 3.27. The van der Waals surface area contributed by atoms with Gasteiger partial charge in [0.2, 0.25) is 0 Å². The lowest BCUT2D eigenvalue weighted by Gasteiger charge is -2.29. The lowest BCUT2D eigenvalue weighted by Crippen LogP contribution is -2.40. The number of thiazole rings is 1. The Hall–Kier alpha value is -2.21. The van der Waals surface area contributed by atoms with Crippen molar-refractivity contribution < 1.29 is 14.7 Å². The van der Waals surface area contributed by atoms with Gasteiger partial charge >= 0.3 is 5.97 Å². The van der Waals surface area contributed by atoms with Crippen LogP contribution in [0.4, 0.5) is 0 Å². The van der Waals surface area contributed by atoms with Crippen LogP contribution in [0.3, 0.4) is 0 Å². The van der Waals surface area contributed by atoms with Gasteiger partial charge in [0.05, 0.1) is 16.6 Å². The van der Waals surface area contributed by atoms with Crippen LogP contribution in [0.1, 0.15) is 27.5 Å². The molecular weight excluding hydrogens is 312 g/mol. The summed E-state index contributed by atoms with van der Waals surface area (Å²) in [6, 6.07) is 9.68. The topological polar surface area (TPSA) is 70.5 Å². The molecule has 1 aromatic carbocycles. The summed E-state index contributed by atoms with van der Waals surface area (Å²) < 4.78 is 0. The molecule has 1 aliphatic heterocycles. The maximum atomic E-state index is 12.8. The van der Waals surface area contributed by atoms with E-state index in [1.54, 1.807) is 4.90 Å². The molecule has 2 heterocycles. The van der Waals surface area contributed by atoms with E-state index >= 15 is 0 Å². The number of aromatic nitrogens is 1. The van der Waals surface area contributed by atoms with E-state index in [4.69, 9.17) is 5.11 Å². The van der Waals surface area contributed by atoms with Crippen molar-refractivity contribution in [1.82, 2.24) is 9.88 Å². The molecule has 0 aliphatic carbocycles. The van der Waals surface area contributed by atoms with Crippen LogP contribution in [0, 0.1) is 12.8 Å². The number of piperidine rings is 1. The number of likely N-dealkylation sites (tertiary alicyclic amines) is 1. The van der Waals surface area contributed by atoms with E-state index in [0.717, 1.165) is 16.3 Å². The van der Waals surface area contributed by atoms with Crippen LogP contribution < -0.4 is 0 Å². The first-order valence-electron chi connectivity index (χ1n) is 7.61. The summed E-state index contributed by atoms with van der Waals surface area (Å²) in [5.41, 5.74) is 1.65. The fourth-order valence-electron chi connectivity index (χ4n) is 2.84. The van der Waals surface area contributed by atoms with E-state index in [9.17, 15) is 9.59 Å². The van der Waals surface area contributed by atoms with Crippen LogP contribution in [-0.4, -0.2) is 40.0 Å². The van der Waals surface area contributed by atoms with E-state index in [2.05, 4.69) is 4.98 Å². The van der Waals surface area contributed by atoms with Crippen molar-refractivity contribution in [2.45, 2.75) is 19.8 Å². The van der Waals surface area contributed by atoms with Crippen LogP contribution in [0.25, 0.3) is 11.3 Å². The molecule has 1 fully saturated rings. The number of carboxylic acids is 1. The molecule has 6 heteroatoms. The Balaban J connectivity index is 1.83. The second-order valence-corrected chi connectivity index (χ2v) is 6.88. The predicted octanol–water partition coefficient (Wildman–Crippen LogP) is 3.06. The number of benzene rings is 1. The zero-order valence-electron chi connectivity index (χ0n) is 12.9. The highest BCUT2D eigenvalue weighted by atomic mass is 32.1. The maximum absolute atomic E-state index is 12.8. The van der Waals surface area contributed by atoms with Gasteiger partial charge in [0, 0.05) is 18.7 Å². The van der Waals surface area contributed by atoms with Crippen LogP contribution in [0.15, 0.2) is 30.3 Å². The Kier molecular flexibility index (Phi) is 4.43. The quantitative estimate of drug-likeness (QED) is 0.939. The zero-order valence-corrected chi connectivity index (χ0v) is 13.7. The molecular formula is C17H18N2O3S. The van der Waals surface area contributed by atoms with Crippen LogP contribution in [0.2, 0.25) is 0 Å². The number of carbonyl (C=O) groups is 2. The van der Waals surface area contributed by atoms with Gasteiger partial charge in [-0.2, -0.15) is 0 Å². The fraction of sp³-hybridized carbons (Fsp3) is 0.353. The van der Waals surface area contributed by atoms with Gasteiger partial charge in [-0.3, -0.25) is 9.59 Å². The van der Waals surface area contributed by atoms with E-state index in [1.807, 2.05) is 37.3 Å². The van der Waals surface area contributed by atoms with E-state index < -0.39 is 5.97 Å². The largest absolute Gasteiger partial charge is 0.481 e. The molecule has 1 N–H and O–H groups in total. The molecule has 5 nitrogen and oxygen atoms in total. The molecule has 120 valence electrons. The number of aryl methyl sites for hydroxylation is 1. The van der Waals surface area contributed by atoms with Crippen LogP contribution >= 0.6 is 11.3 Å². The van der Waals surface area contributed by atoms with Crippen molar-refractivity contribution in [3.8, 4) is 11.3 Å². The number of nitrogens with zero attached hydrogens (tertiary/aromatic N) is 2. The number of carboxylic acid groups (broad SMARTS) is 1. The summed E-state index contributed by atoms with van der Waals surface area (Å²) in [7, 11) is 0.